The van der Waals surface area contributed by atoms with Crippen LogP contribution in [0, 0.1) is 13.8 Å². The number of carbonyl (C=O) groups is 3. The lowest BCUT2D eigenvalue weighted by Gasteiger charge is -2.34. The van der Waals surface area contributed by atoms with Crippen LogP contribution in [0.1, 0.15) is 62.9 Å². The summed E-state index contributed by atoms with van der Waals surface area (Å²) in [5.74, 6) is -0.882. The van der Waals surface area contributed by atoms with Gasteiger partial charge < -0.3 is 30.5 Å². The number of phenols is 1. The molecule has 0 fully saturated rings. The number of rotatable bonds is 10. The lowest BCUT2D eigenvalue weighted by Crippen LogP contribution is -2.54. The number of nitrogens with one attached hydrogen (secondary N) is 2. The highest BCUT2D eigenvalue weighted by molar-refractivity contribution is 5.92. The summed E-state index contributed by atoms with van der Waals surface area (Å²) in [6.07, 6.45) is -0.709. The zero-order valence-corrected chi connectivity index (χ0v) is 23.4. The van der Waals surface area contributed by atoms with Crippen LogP contribution in [0.4, 0.5) is 4.79 Å². The summed E-state index contributed by atoms with van der Waals surface area (Å²) >= 11 is 0. The maximum Gasteiger partial charge on any atom is 0.408 e. The maximum absolute atomic E-state index is 14.1. The Kier molecular flexibility index (Phi) is 10.7. The minimum Gasteiger partial charge on any atom is -0.508 e. The SMILES string of the molecule is Cc1cc(C)cc(C(C(=O)NC(C)C)N(CCO)C(=O)C(Cc2ccc(O)cc2)NC(=O)OC(C)(C)C)c1. The van der Waals surface area contributed by atoms with Crippen molar-refractivity contribution in [3.63, 3.8) is 0 Å². The molecule has 0 radical (unpaired) electrons. The van der Waals surface area contributed by atoms with Crippen molar-refractivity contribution >= 4 is 17.9 Å². The van der Waals surface area contributed by atoms with E-state index >= 15 is 0 Å². The second kappa shape index (κ2) is 13.3. The maximum atomic E-state index is 14.1. The molecule has 0 aliphatic carbocycles. The number of benzene rings is 2. The number of aromatic hydroxyl groups is 1. The summed E-state index contributed by atoms with van der Waals surface area (Å²) in [5.41, 5.74) is 2.33. The number of aliphatic hydroxyl groups excluding tert-OH is 1. The quantitative estimate of drug-likeness (QED) is 0.374. The van der Waals surface area contributed by atoms with Gasteiger partial charge in [0.2, 0.25) is 11.8 Å². The molecule has 0 spiro atoms. The highest BCUT2D eigenvalue weighted by Gasteiger charge is 2.36. The van der Waals surface area contributed by atoms with Crippen LogP contribution in [0.3, 0.4) is 0 Å². The van der Waals surface area contributed by atoms with Crippen LogP contribution in [0.5, 0.6) is 5.75 Å². The van der Waals surface area contributed by atoms with Crippen LogP contribution >= 0.6 is 0 Å². The third-order valence-electron chi connectivity index (χ3n) is 5.54. The van der Waals surface area contributed by atoms with Gasteiger partial charge in [-0.1, -0.05) is 41.5 Å². The van der Waals surface area contributed by atoms with Gasteiger partial charge in [0, 0.05) is 19.0 Å². The third-order valence-corrected chi connectivity index (χ3v) is 5.54. The number of ether oxygens (including phenoxy) is 1. The average molecular weight is 528 g/mol. The van der Waals surface area contributed by atoms with Gasteiger partial charge in [-0.2, -0.15) is 0 Å². The molecule has 0 bridgehead atoms. The molecule has 0 heterocycles. The number of hydrogen-bond acceptors (Lipinski definition) is 6. The first kappa shape index (κ1) is 30.6. The smallest absolute Gasteiger partial charge is 0.408 e. The van der Waals surface area contributed by atoms with Crippen molar-refractivity contribution in [1.29, 1.82) is 0 Å². The minimum absolute atomic E-state index is 0.0684. The van der Waals surface area contributed by atoms with Crippen LogP contribution in [0.25, 0.3) is 0 Å². The lowest BCUT2D eigenvalue weighted by molar-refractivity contribution is -0.143. The van der Waals surface area contributed by atoms with Crippen molar-refractivity contribution in [2.24, 2.45) is 0 Å². The van der Waals surface area contributed by atoms with Crippen LogP contribution in [-0.4, -0.2) is 63.9 Å². The van der Waals surface area contributed by atoms with Crippen molar-refractivity contribution in [3.8, 4) is 5.75 Å². The Morgan fingerprint density at radius 2 is 1.55 bits per heavy atom. The molecular formula is C29H41N3O6. The van der Waals surface area contributed by atoms with E-state index in [0.29, 0.717) is 11.1 Å². The average Bonchev–Trinajstić information content (AvgIpc) is 2.77. The Hall–Kier alpha value is -3.59. The first-order valence-corrected chi connectivity index (χ1v) is 12.8. The number of nitrogens with zero attached hydrogens (tertiary/aromatic N) is 1. The van der Waals surface area contributed by atoms with Crippen molar-refractivity contribution < 1.29 is 29.3 Å². The Morgan fingerprint density at radius 1 is 0.974 bits per heavy atom. The van der Waals surface area contributed by atoms with Gasteiger partial charge in [-0.05, 0) is 71.7 Å². The first-order valence-electron chi connectivity index (χ1n) is 12.8. The van der Waals surface area contributed by atoms with Crippen LogP contribution < -0.4 is 10.6 Å². The molecule has 208 valence electrons. The van der Waals surface area contributed by atoms with Gasteiger partial charge in [-0.3, -0.25) is 9.59 Å². The molecule has 0 aliphatic heterocycles. The largest absolute Gasteiger partial charge is 0.508 e. The van der Waals surface area contributed by atoms with Crippen LogP contribution in [-0.2, 0) is 20.7 Å². The van der Waals surface area contributed by atoms with Gasteiger partial charge in [0.1, 0.15) is 23.4 Å². The number of alkyl carbamates (subject to hydrolysis) is 1. The molecule has 2 unspecified atom stereocenters. The molecule has 3 amide bonds. The van der Waals surface area contributed by atoms with Crippen molar-refractivity contribution in [3.05, 3.63) is 64.7 Å². The number of carbonyl (C=O) groups excluding carboxylic acids is 3. The highest BCUT2D eigenvalue weighted by atomic mass is 16.6. The molecule has 38 heavy (non-hydrogen) atoms. The second-order valence-electron chi connectivity index (χ2n) is 10.8. The first-order chi connectivity index (χ1) is 17.7. The number of phenolic OH excluding ortho intramolecular Hbond substituents is 1. The summed E-state index contributed by atoms with van der Waals surface area (Å²) in [4.78, 5) is 41.6. The van der Waals surface area contributed by atoms with E-state index in [9.17, 15) is 24.6 Å². The molecule has 2 atom stereocenters. The summed E-state index contributed by atoms with van der Waals surface area (Å²) in [5, 5.41) is 25.1. The van der Waals surface area contributed by atoms with Gasteiger partial charge in [-0.25, -0.2) is 4.79 Å². The summed E-state index contributed by atoms with van der Waals surface area (Å²) in [7, 11) is 0. The molecule has 2 aromatic rings. The van der Waals surface area contributed by atoms with Gasteiger partial charge in [0.15, 0.2) is 0 Å². The molecule has 4 N–H and O–H groups in total. The van der Waals surface area contributed by atoms with E-state index in [2.05, 4.69) is 10.6 Å². The zero-order valence-electron chi connectivity index (χ0n) is 23.4. The van der Waals surface area contributed by atoms with E-state index in [1.54, 1.807) is 32.9 Å². The Morgan fingerprint density at radius 3 is 2.05 bits per heavy atom. The summed E-state index contributed by atoms with van der Waals surface area (Å²) < 4.78 is 5.40. The molecule has 0 aromatic heterocycles. The normalized spacial score (nSPS) is 13.0. The van der Waals surface area contributed by atoms with E-state index in [1.165, 1.54) is 17.0 Å². The number of aryl methyl sites for hydroxylation is 2. The molecular weight excluding hydrogens is 486 g/mol. The molecule has 2 rings (SSSR count). The van der Waals surface area contributed by atoms with Gasteiger partial charge in [0.25, 0.3) is 0 Å². The van der Waals surface area contributed by atoms with Gasteiger partial charge in [-0.15, -0.1) is 0 Å². The van der Waals surface area contributed by atoms with Gasteiger partial charge in [0.05, 0.1) is 6.61 Å². The lowest BCUT2D eigenvalue weighted by atomic mass is 9.97. The third kappa shape index (κ3) is 9.37. The molecule has 2 aromatic carbocycles. The fourth-order valence-corrected chi connectivity index (χ4v) is 4.20. The fraction of sp³-hybridized carbons (Fsp3) is 0.483. The Bertz CT molecular complexity index is 1090. The van der Waals surface area contributed by atoms with E-state index in [-0.39, 0.29) is 31.4 Å². The minimum atomic E-state index is -1.11. The fourth-order valence-electron chi connectivity index (χ4n) is 4.20. The summed E-state index contributed by atoms with van der Waals surface area (Å²) in [6, 6.07) is 9.59. The number of hydrogen-bond donors (Lipinski definition) is 4. The number of aliphatic hydroxyl groups is 1. The molecule has 0 saturated carbocycles. The molecule has 0 saturated heterocycles. The standard InChI is InChI=1S/C29H41N3O6/c1-18(2)30-26(35)25(22-15-19(3)14-20(4)16-22)32(12-13-33)27(36)24(31-28(37)38-29(5,6)7)17-21-8-10-23(34)11-9-21/h8-11,14-16,18,24-25,33-34H,12-13,17H2,1-7H3,(H,30,35)(H,31,37). The zero-order chi connectivity index (χ0) is 28.6. The summed E-state index contributed by atoms with van der Waals surface area (Å²) in [6.45, 7) is 12.1. The predicted molar refractivity (Wildman–Crippen MR) is 146 cm³/mol. The second-order valence-corrected chi connectivity index (χ2v) is 10.8. The van der Waals surface area contributed by atoms with Crippen molar-refractivity contribution in [2.45, 2.75) is 78.6 Å². The monoisotopic (exact) mass is 527 g/mol. The highest BCUT2D eigenvalue weighted by Crippen LogP contribution is 2.26. The van der Waals surface area contributed by atoms with E-state index < -0.39 is 35.6 Å². The Balaban J connectivity index is 2.56. The van der Waals surface area contributed by atoms with Crippen molar-refractivity contribution in [2.75, 3.05) is 13.2 Å². The predicted octanol–water partition coefficient (Wildman–Crippen LogP) is 3.53. The molecule has 0 aliphatic rings. The van der Waals surface area contributed by atoms with E-state index in [4.69, 9.17) is 4.74 Å². The van der Waals surface area contributed by atoms with E-state index in [0.717, 1.165) is 11.1 Å². The molecule has 9 heteroatoms. The molecule has 9 nitrogen and oxygen atoms in total. The van der Waals surface area contributed by atoms with Gasteiger partial charge >= 0.3 is 6.09 Å². The number of amides is 3. The van der Waals surface area contributed by atoms with Crippen molar-refractivity contribution in [1.82, 2.24) is 15.5 Å². The topological polar surface area (TPSA) is 128 Å². The van der Waals surface area contributed by atoms with Crippen LogP contribution in [0.15, 0.2) is 42.5 Å². The Labute approximate surface area is 225 Å². The van der Waals surface area contributed by atoms with E-state index in [1.807, 2.05) is 45.9 Å². The van der Waals surface area contributed by atoms with Crippen LogP contribution in [0.2, 0.25) is 0 Å².